The summed E-state index contributed by atoms with van der Waals surface area (Å²) in [5.41, 5.74) is 0. The molecule has 2 unspecified atom stereocenters. The summed E-state index contributed by atoms with van der Waals surface area (Å²) in [6, 6.07) is 6.06. The van der Waals surface area contributed by atoms with Gasteiger partial charge in [-0.2, -0.15) is 0 Å². The lowest BCUT2D eigenvalue weighted by Gasteiger charge is -2.35. The molecule has 1 aliphatic rings. The van der Waals surface area contributed by atoms with Crippen molar-refractivity contribution in [3.05, 3.63) is 24.3 Å². The van der Waals surface area contributed by atoms with Crippen LogP contribution in [0.2, 0.25) is 0 Å². The Morgan fingerprint density at radius 3 is 2.52 bits per heavy atom. The summed E-state index contributed by atoms with van der Waals surface area (Å²) < 4.78 is 32.3. The van der Waals surface area contributed by atoms with E-state index in [9.17, 15) is 18.0 Å². The zero-order chi connectivity index (χ0) is 20.0. The fourth-order valence-corrected chi connectivity index (χ4v) is 4.19. The molecule has 1 fully saturated rings. The molecule has 27 heavy (non-hydrogen) atoms. The number of nitrogens with one attached hydrogen (secondary N) is 1. The molecule has 0 saturated carbocycles. The molecule has 0 bridgehead atoms. The number of benzene rings is 1. The van der Waals surface area contributed by atoms with Gasteiger partial charge in [0.2, 0.25) is 15.9 Å². The van der Waals surface area contributed by atoms with E-state index in [1.165, 1.54) is 12.1 Å². The Labute approximate surface area is 159 Å². The van der Waals surface area contributed by atoms with E-state index >= 15 is 0 Å². The monoisotopic (exact) mass is 398 g/mol. The predicted molar refractivity (Wildman–Crippen MR) is 98.9 cm³/mol. The molecule has 0 aliphatic carbocycles. The van der Waals surface area contributed by atoms with Crippen molar-refractivity contribution < 1.29 is 27.9 Å². The summed E-state index contributed by atoms with van der Waals surface area (Å²) in [7, 11) is -3.70. The van der Waals surface area contributed by atoms with Gasteiger partial charge in [-0.1, -0.05) is 6.92 Å². The summed E-state index contributed by atoms with van der Waals surface area (Å²) in [4.78, 5) is 25.1. The predicted octanol–water partition coefficient (Wildman–Crippen LogP) is 1.32. The topological polar surface area (TPSA) is 113 Å². The van der Waals surface area contributed by atoms with Crippen molar-refractivity contribution in [2.75, 3.05) is 26.2 Å². The fourth-order valence-electron chi connectivity index (χ4n) is 3.15. The van der Waals surface area contributed by atoms with Gasteiger partial charge in [-0.25, -0.2) is 13.1 Å². The van der Waals surface area contributed by atoms with Gasteiger partial charge in [0.1, 0.15) is 5.75 Å². The first-order chi connectivity index (χ1) is 12.7. The lowest BCUT2D eigenvalue weighted by molar-refractivity contribution is -0.148. The van der Waals surface area contributed by atoms with Gasteiger partial charge in [0.05, 0.1) is 17.4 Å². The first kappa shape index (κ1) is 21.2. The maximum absolute atomic E-state index is 12.3. The van der Waals surface area contributed by atoms with Crippen LogP contribution < -0.4 is 9.46 Å². The molecule has 9 heteroatoms. The molecule has 8 nitrogen and oxygen atoms in total. The first-order valence-corrected chi connectivity index (χ1v) is 10.5. The molecule has 1 aliphatic heterocycles. The number of piperidine rings is 1. The molecule has 2 N–H and O–H groups in total. The van der Waals surface area contributed by atoms with E-state index in [2.05, 4.69) is 4.72 Å². The number of amides is 1. The normalized spacial score (nSPS) is 20.3. The van der Waals surface area contributed by atoms with Gasteiger partial charge in [0.15, 0.2) is 0 Å². The Morgan fingerprint density at radius 1 is 1.30 bits per heavy atom. The van der Waals surface area contributed by atoms with Gasteiger partial charge < -0.3 is 14.7 Å². The minimum atomic E-state index is -3.70. The van der Waals surface area contributed by atoms with Crippen LogP contribution in [0.5, 0.6) is 5.75 Å². The lowest BCUT2D eigenvalue weighted by Crippen LogP contribution is -2.45. The summed E-state index contributed by atoms with van der Waals surface area (Å²) in [6.45, 7) is 4.89. The molecule has 2 atom stereocenters. The molecule has 2 rings (SSSR count). The molecule has 1 saturated heterocycles. The van der Waals surface area contributed by atoms with Crippen LogP contribution in [-0.2, 0) is 19.6 Å². The molecule has 150 valence electrons. The summed E-state index contributed by atoms with van der Waals surface area (Å²) >= 11 is 0. The number of hydrogen-bond acceptors (Lipinski definition) is 5. The van der Waals surface area contributed by atoms with E-state index in [0.29, 0.717) is 31.9 Å². The van der Waals surface area contributed by atoms with Crippen LogP contribution in [0.15, 0.2) is 29.2 Å². The Balaban J connectivity index is 1.84. The Kier molecular flexibility index (Phi) is 7.20. The van der Waals surface area contributed by atoms with Gasteiger partial charge in [0.25, 0.3) is 0 Å². The van der Waals surface area contributed by atoms with Gasteiger partial charge in [-0.3, -0.25) is 9.59 Å². The van der Waals surface area contributed by atoms with Crippen molar-refractivity contribution >= 4 is 21.9 Å². The van der Waals surface area contributed by atoms with Crippen molar-refractivity contribution in [2.24, 2.45) is 11.8 Å². The second-order valence-corrected chi connectivity index (χ2v) is 8.37. The third-order valence-electron chi connectivity index (χ3n) is 4.65. The molecular weight excluding hydrogens is 372 g/mol. The van der Waals surface area contributed by atoms with Crippen LogP contribution >= 0.6 is 0 Å². The average Bonchev–Trinajstić information content (AvgIpc) is 2.61. The molecule has 0 radical (unpaired) electrons. The Hall–Kier alpha value is -2.13. The second kappa shape index (κ2) is 9.18. The highest BCUT2D eigenvalue weighted by molar-refractivity contribution is 7.89. The van der Waals surface area contributed by atoms with Crippen LogP contribution in [0.25, 0.3) is 0 Å². The molecule has 1 amide bonds. The van der Waals surface area contributed by atoms with Crippen molar-refractivity contribution in [3.63, 3.8) is 0 Å². The molecule has 1 aromatic rings. The number of likely N-dealkylation sites (tertiary alicyclic amines) is 1. The lowest BCUT2D eigenvalue weighted by atomic mass is 9.87. The number of aliphatic carboxylic acids is 1. The number of carboxylic acids is 1. The maximum atomic E-state index is 12.3. The van der Waals surface area contributed by atoms with Crippen LogP contribution in [-0.4, -0.2) is 56.5 Å². The third kappa shape index (κ3) is 5.67. The van der Waals surface area contributed by atoms with Crippen molar-refractivity contribution in [1.29, 1.82) is 0 Å². The molecular formula is C18H26N2O6S. The number of rotatable bonds is 8. The van der Waals surface area contributed by atoms with Crippen LogP contribution in [0.3, 0.4) is 0 Å². The van der Waals surface area contributed by atoms with Gasteiger partial charge >= 0.3 is 5.97 Å². The van der Waals surface area contributed by atoms with Crippen LogP contribution in [0.1, 0.15) is 26.7 Å². The van der Waals surface area contributed by atoms with Crippen molar-refractivity contribution in [2.45, 2.75) is 31.6 Å². The maximum Gasteiger partial charge on any atom is 0.306 e. The SMILES string of the molecule is CCOc1ccc(S(=O)(=O)NCCC(=O)N2CCC(C(=O)O)C(C)C2)cc1. The summed E-state index contributed by atoms with van der Waals surface area (Å²) in [5, 5.41) is 9.13. The van der Waals surface area contributed by atoms with Crippen LogP contribution in [0, 0.1) is 11.8 Å². The minimum absolute atomic E-state index is 0.0123. The molecule has 0 aromatic heterocycles. The van der Waals surface area contributed by atoms with E-state index in [0.717, 1.165) is 0 Å². The smallest absolute Gasteiger partial charge is 0.306 e. The van der Waals surface area contributed by atoms with Crippen molar-refractivity contribution in [3.8, 4) is 5.75 Å². The molecule has 1 aromatic carbocycles. The first-order valence-electron chi connectivity index (χ1n) is 8.97. The Bertz CT molecular complexity index is 763. The number of carbonyl (C=O) groups excluding carboxylic acids is 1. The third-order valence-corrected chi connectivity index (χ3v) is 6.13. The van der Waals surface area contributed by atoms with E-state index in [-0.39, 0.29) is 29.7 Å². The largest absolute Gasteiger partial charge is 0.494 e. The van der Waals surface area contributed by atoms with Crippen LogP contribution in [0.4, 0.5) is 0 Å². The summed E-state index contributed by atoms with van der Waals surface area (Å²) in [5.74, 6) is -0.990. The standard InChI is InChI=1S/C18H26N2O6S/c1-3-26-14-4-6-15(7-5-14)27(24,25)19-10-8-17(21)20-11-9-16(18(22)23)13(2)12-20/h4-7,13,16,19H,3,8-12H2,1-2H3,(H,22,23). The van der Waals surface area contributed by atoms with Gasteiger partial charge in [-0.15, -0.1) is 0 Å². The average molecular weight is 398 g/mol. The zero-order valence-corrected chi connectivity index (χ0v) is 16.4. The molecule has 0 spiro atoms. The van der Waals surface area contributed by atoms with E-state index in [4.69, 9.17) is 9.84 Å². The van der Waals surface area contributed by atoms with E-state index in [1.807, 2.05) is 13.8 Å². The summed E-state index contributed by atoms with van der Waals surface area (Å²) in [6.07, 6.45) is 0.445. The second-order valence-electron chi connectivity index (χ2n) is 6.60. The quantitative estimate of drug-likeness (QED) is 0.683. The number of nitrogens with zero attached hydrogens (tertiary/aromatic N) is 1. The highest BCUT2D eigenvalue weighted by atomic mass is 32.2. The zero-order valence-electron chi connectivity index (χ0n) is 15.6. The van der Waals surface area contributed by atoms with Crippen molar-refractivity contribution in [1.82, 2.24) is 9.62 Å². The minimum Gasteiger partial charge on any atom is -0.494 e. The number of ether oxygens (including phenoxy) is 1. The highest BCUT2D eigenvalue weighted by Gasteiger charge is 2.32. The number of carboxylic acid groups (broad SMARTS) is 1. The highest BCUT2D eigenvalue weighted by Crippen LogP contribution is 2.24. The van der Waals surface area contributed by atoms with E-state index < -0.39 is 21.9 Å². The number of carbonyl (C=O) groups is 2. The van der Waals surface area contributed by atoms with Gasteiger partial charge in [-0.05, 0) is 43.5 Å². The van der Waals surface area contributed by atoms with E-state index in [1.54, 1.807) is 17.0 Å². The number of hydrogen-bond donors (Lipinski definition) is 2. The molecule has 1 heterocycles. The number of sulfonamides is 1. The Morgan fingerprint density at radius 2 is 1.96 bits per heavy atom. The fraction of sp³-hybridized carbons (Fsp3) is 0.556. The van der Waals surface area contributed by atoms with Gasteiger partial charge in [0, 0.05) is 26.1 Å².